The van der Waals surface area contributed by atoms with Gasteiger partial charge in [0, 0.05) is 31.2 Å². The van der Waals surface area contributed by atoms with Gasteiger partial charge in [0.2, 0.25) is 0 Å². The lowest BCUT2D eigenvalue weighted by atomic mass is 9.98. The van der Waals surface area contributed by atoms with Crippen molar-refractivity contribution in [3.63, 3.8) is 0 Å². The molecule has 0 aromatic heterocycles. The summed E-state index contributed by atoms with van der Waals surface area (Å²) < 4.78 is 0. The molecule has 0 aliphatic carbocycles. The van der Waals surface area contributed by atoms with E-state index in [9.17, 15) is 0 Å². The molecule has 19 heavy (non-hydrogen) atoms. The molecule has 1 heterocycles. The first kappa shape index (κ1) is 14.5. The van der Waals surface area contributed by atoms with Crippen LogP contribution in [0.5, 0.6) is 0 Å². The monoisotopic (exact) mass is 260 g/mol. The summed E-state index contributed by atoms with van der Waals surface area (Å²) in [6.07, 6.45) is 3.78. The van der Waals surface area contributed by atoms with Gasteiger partial charge in [0.1, 0.15) is 0 Å². The van der Waals surface area contributed by atoms with Crippen molar-refractivity contribution in [1.29, 1.82) is 0 Å². The molecular formula is C17H28N2. The average molecular weight is 260 g/mol. The van der Waals surface area contributed by atoms with Gasteiger partial charge in [0.25, 0.3) is 0 Å². The third kappa shape index (κ3) is 3.58. The van der Waals surface area contributed by atoms with Crippen molar-refractivity contribution < 1.29 is 0 Å². The molecule has 106 valence electrons. The quantitative estimate of drug-likeness (QED) is 0.870. The highest BCUT2D eigenvalue weighted by molar-refractivity contribution is 5.19. The van der Waals surface area contributed by atoms with E-state index in [1.807, 2.05) is 0 Å². The molecule has 1 aromatic rings. The number of nitrogens with zero attached hydrogens (tertiary/aromatic N) is 1. The maximum absolute atomic E-state index is 3.72. The number of piperazine rings is 1. The van der Waals surface area contributed by atoms with E-state index < -0.39 is 0 Å². The largest absolute Gasteiger partial charge is 0.311 e. The van der Waals surface area contributed by atoms with Gasteiger partial charge in [0.15, 0.2) is 0 Å². The van der Waals surface area contributed by atoms with Crippen LogP contribution in [0.3, 0.4) is 0 Å². The van der Waals surface area contributed by atoms with Crippen LogP contribution in [0, 0.1) is 0 Å². The highest BCUT2D eigenvalue weighted by Gasteiger charge is 2.29. The van der Waals surface area contributed by atoms with Gasteiger partial charge in [-0.1, -0.05) is 50.6 Å². The zero-order valence-electron chi connectivity index (χ0n) is 12.6. The molecule has 0 radical (unpaired) electrons. The van der Waals surface area contributed by atoms with Crippen molar-refractivity contribution >= 4 is 0 Å². The number of hydrogen-bond donors (Lipinski definition) is 1. The van der Waals surface area contributed by atoms with Crippen LogP contribution in [0.2, 0.25) is 0 Å². The molecular weight excluding hydrogens is 232 g/mol. The molecule has 3 unspecified atom stereocenters. The van der Waals surface area contributed by atoms with E-state index in [4.69, 9.17) is 0 Å². The molecule has 2 rings (SSSR count). The van der Waals surface area contributed by atoms with Gasteiger partial charge in [-0.3, -0.25) is 4.90 Å². The third-order valence-electron chi connectivity index (χ3n) is 4.43. The first-order valence-electron chi connectivity index (χ1n) is 7.80. The highest BCUT2D eigenvalue weighted by atomic mass is 15.2. The fourth-order valence-electron chi connectivity index (χ4n) is 3.21. The van der Waals surface area contributed by atoms with E-state index in [1.54, 1.807) is 0 Å². The summed E-state index contributed by atoms with van der Waals surface area (Å²) in [7, 11) is 0. The fourth-order valence-corrected chi connectivity index (χ4v) is 3.21. The SMILES string of the molecule is CCCC1CN(C(C)c2ccccc2)C(CC)CN1. The van der Waals surface area contributed by atoms with E-state index in [1.165, 1.54) is 31.4 Å². The van der Waals surface area contributed by atoms with Gasteiger partial charge in [-0.25, -0.2) is 0 Å². The van der Waals surface area contributed by atoms with Gasteiger partial charge in [-0.2, -0.15) is 0 Å². The molecule has 1 fully saturated rings. The predicted octanol–water partition coefficient (Wildman–Crippen LogP) is 3.60. The maximum Gasteiger partial charge on any atom is 0.0324 e. The van der Waals surface area contributed by atoms with E-state index in [-0.39, 0.29) is 0 Å². The zero-order chi connectivity index (χ0) is 13.7. The second-order valence-corrected chi connectivity index (χ2v) is 5.74. The predicted molar refractivity (Wildman–Crippen MR) is 82.3 cm³/mol. The minimum Gasteiger partial charge on any atom is -0.311 e. The molecule has 0 amide bonds. The summed E-state index contributed by atoms with van der Waals surface area (Å²) in [5, 5.41) is 3.72. The second kappa shape index (κ2) is 7.06. The van der Waals surface area contributed by atoms with Crippen molar-refractivity contribution in [1.82, 2.24) is 10.2 Å². The maximum atomic E-state index is 3.72. The first-order chi connectivity index (χ1) is 9.26. The molecule has 1 aromatic carbocycles. The molecule has 2 nitrogen and oxygen atoms in total. The van der Waals surface area contributed by atoms with Crippen molar-refractivity contribution in [2.75, 3.05) is 13.1 Å². The summed E-state index contributed by atoms with van der Waals surface area (Å²) in [4.78, 5) is 2.70. The average Bonchev–Trinajstić information content (AvgIpc) is 2.47. The van der Waals surface area contributed by atoms with Gasteiger partial charge < -0.3 is 5.32 Å². The van der Waals surface area contributed by atoms with E-state index in [0.29, 0.717) is 18.1 Å². The summed E-state index contributed by atoms with van der Waals surface area (Å²) >= 11 is 0. The number of hydrogen-bond acceptors (Lipinski definition) is 2. The van der Waals surface area contributed by atoms with Gasteiger partial charge in [0.05, 0.1) is 0 Å². The van der Waals surface area contributed by atoms with Crippen LogP contribution in [0.1, 0.15) is 51.6 Å². The third-order valence-corrected chi connectivity index (χ3v) is 4.43. The molecule has 1 aliphatic heterocycles. The Hall–Kier alpha value is -0.860. The van der Waals surface area contributed by atoms with Crippen LogP contribution in [-0.2, 0) is 0 Å². The minimum absolute atomic E-state index is 0.521. The molecule has 1 aliphatic rings. The van der Waals surface area contributed by atoms with Crippen molar-refractivity contribution in [2.24, 2.45) is 0 Å². The van der Waals surface area contributed by atoms with E-state index in [2.05, 4.69) is 61.3 Å². The number of nitrogens with one attached hydrogen (secondary N) is 1. The Kier molecular flexibility index (Phi) is 5.41. The smallest absolute Gasteiger partial charge is 0.0324 e. The van der Waals surface area contributed by atoms with Crippen LogP contribution in [-0.4, -0.2) is 30.1 Å². The Morgan fingerprint density at radius 1 is 1.26 bits per heavy atom. The summed E-state index contributed by atoms with van der Waals surface area (Å²) in [6.45, 7) is 9.25. The molecule has 3 atom stereocenters. The first-order valence-corrected chi connectivity index (χ1v) is 7.80. The Balaban J connectivity index is 2.09. The molecule has 0 bridgehead atoms. The van der Waals surface area contributed by atoms with Crippen LogP contribution in [0.4, 0.5) is 0 Å². The van der Waals surface area contributed by atoms with Crippen molar-refractivity contribution in [3.05, 3.63) is 35.9 Å². The molecule has 0 saturated carbocycles. The Morgan fingerprint density at radius 2 is 2.00 bits per heavy atom. The van der Waals surface area contributed by atoms with Crippen LogP contribution >= 0.6 is 0 Å². The van der Waals surface area contributed by atoms with Crippen molar-refractivity contribution in [2.45, 2.75) is 58.2 Å². The lowest BCUT2D eigenvalue weighted by Crippen LogP contribution is -2.56. The zero-order valence-corrected chi connectivity index (χ0v) is 12.6. The fraction of sp³-hybridized carbons (Fsp3) is 0.647. The minimum atomic E-state index is 0.521. The summed E-state index contributed by atoms with van der Waals surface area (Å²) in [5.41, 5.74) is 1.44. The Labute approximate surface area is 118 Å². The van der Waals surface area contributed by atoms with E-state index >= 15 is 0 Å². The highest BCUT2D eigenvalue weighted by Crippen LogP contribution is 2.26. The standard InChI is InChI=1S/C17H28N2/c1-4-9-16-13-19(17(5-2)12-18-16)14(3)15-10-7-6-8-11-15/h6-8,10-11,14,16-18H,4-5,9,12-13H2,1-3H3. The number of benzene rings is 1. The lowest BCUT2D eigenvalue weighted by molar-refractivity contribution is 0.0835. The summed E-state index contributed by atoms with van der Waals surface area (Å²) in [5.74, 6) is 0. The van der Waals surface area contributed by atoms with Crippen LogP contribution in [0.15, 0.2) is 30.3 Å². The summed E-state index contributed by atoms with van der Waals surface area (Å²) in [6, 6.07) is 12.8. The Bertz CT molecular complexity index is 363. The van der Waals surface area contributed by atoms with Crippen LogP contribution in [0.25, 0.3) is 0 Å². The van der Waals surface area contributed by atoms with Gasteiger partial charge in [-0.15, -0.1) is 0 Å². The van der Waals surface area contributed by atoms with Crippen LogP contribution < -0.4 is 5.32 Å². The normalized spacial score (nSPS) is 26.3. The Morgan fingerprint density at radius 3 is 2.63 bits per heavy atom. The lowest BCUT2D eigenvalue weighted by Gasteiger charge is -2.43. The van der Waals surface area contributed by atoms with Gasteiger partial charge in [-0.05, 0) is 25.3 Å². The number of rotatable bonds is 5. The second-order valence-electron chi connectivity index (χ2n) is 5.74. The topological polar surface area (TPSA) is 15.3 Å². The van der Waals surface area contributed by atoms with Crippen molar-refractivity contribution in [3.8, 4) is 0 Å². The van der Waals surface area contributed by atoms with E-state index in [0.717, 1.165) is 6.54 Å². The molecule has 0 spiro atoms. The molecule has 1 saturated heterocycles. The molecule has 1 N–H and O–H groups in total. The molecule has 2 heteroatoms. The van der Waals surface area contributed by atoms with Gasteiger partial charge >= 0.3 is 0 Å².